The molecule has 0 spiro atoms. The maximum atomic E-state index is 12.8. The predicted molar refractivity (Wildman–Crippen MR) is 86.5 cm³/mol. The first-order valence-electron chi connectivity index (χ1n) is 6.42. The SMILES string of the molecule is C[C@H](Sc1ccc(F)cc1)C(=O)Nc1ccc(C#N)c(Cl)c1. The van der Waals surface area contributed by atoms with Crippen molar-refractivity contribution >= 4 is 35.0 Å². The summed E-state index contributed by atoms with van der Waals surface area (Å²) in [5.41, 5.74) is 0.883. The first kappa shape index (κ1) is 16.3. The number of nitriles is 1. The molecule has 0 saturated carbocycles. The van der Waals surface area contributed by atoms with Crippen LogP contribution >= 0.6 is 23.4 Å². The molecule has 0 aliphatic heterocycles. The van der Waals surface area contributed by atoms with E-state index in [1.165, 1.54) is 30.0 Å². The van der Waals surface area contributed by atoms with E-state index in [0.29, 0.717) is 16.3 Å². The molecule has 0 heterocycles. The number of amides is 1. The van der Waals surface area contributed by atoms with Gasteiger partial charge in [0.2, 0.25) is 5.91 Å². The number of hydrogen-bond acceptors (Lipinski definition) is 3. The van der Waals surface area contributed by atoms with Gasteiger partial charge in [-0.2, -0.15) is 5.26 Å². The molecule has 0 aliphatic carbocycles. The van der Waals surface area contributed by atoms with Crippen LogP contribution in [0.5, 0.6) is 0 Å². The predicted octanol–water partition coefficient (Wildman–Crippen LogP) is 4.47. The Kier molecular flexibility index (Phi) is 5.42. The number of carbonyl (C=O) groups excluding carboxylic acids is 1. The summed E-state index contributed by atoms with van der Waals surface area (Å²) >= 11 is 7.25. The highest BCUT2D eigenvalue weighted by Crippen LogP contribution is 2.25. The molecule has 1 amide bonds. The molecule has 1 N–H and O–H groups in total. The zero-order valence-corrected chi connectivity index (χ0v) is 13.2. The van der Waals surface area contributed by atoms with E-state index >= 15 is 0 Å². The maximum Gasteiger partial charge on any atom is 0.237 e. The quantitative estimate of drug-likeness (QED) is 0.839. The molecule has 0 saturated heterocycles. The Morgan fingerprint density at radius 2 is 2.00 bits per heavy atom. The summed E-state index contributed by atoms with van der Waals surface area (Å²) in [5, 5.41) is 11.5. The van der Waals surface area contributed by atoms with Crippen LogP contribution < -0.4 is 5.32 Å². The van der Waals surface area contributed by atoms with Crippen LogP contribution in [0.2, 0.25) is 5.02 Å². The fraction of sp³-hybridized carbons (Fsp3) is 0.125. The molecule has 0 aliphatic rings. The lowest BCUT2D eigenvalue weighted by molar-refractivity contribution is -0.115. The van der Waals surface area contributed by atoms with Crippen molar-refractivity contribution in [3.63, 3.8) is 0 Å². The number of thioether (sulfide) groups is 1. The van der Waals surface area contributed by atoms with Crippen molar-refractivity contribution < 1.29 is 9.18 Å². The normalized spacial score (nSPS) is 11.5. The Bertz CT molecular complexity index is 728. The summed E-state index contributed by atoms with van der Waals surface area (Å²) < 4.78 is 12.8. The monoisotopic (exact) mass is 334 g/mol. The van der Waals surface area contributed by atoms with E-state index in [4.69, 9.17) is 16.9 Å². The Balaban J connectivity index is 2.00. The first-order valence-corrected chi connectivity index (χ1v) is 7.68. The fourth-order valence-electron chi connectivity index (χ4n) is 1.70. The minimum absolute atomic E-state index is 0.199. The van der Waals surface area contributed by atoms with Gasteiger partial charge in [-0.25, -0.2) is 4.39 Å². The van der Waals surface area contributed by atoms with Crippen LogP contribution in [0, 0.1) is 17.1 Å². The molecular weight excluding hydrogens is 323 g/mol. The van der Waals surface area contributed by atoms with Gasteiger partial charge in [0.1, 0.15) is 11.9 Å². The van der Waals surface area contributed by atoms with E-state index < -0.39 is 0 Å². The van der Waals surface area contributed by atoms with Gasteiger partial charge in [-0.3, -0.25) is 4.79 Å². The van der Waals surface area contributed by atoms with Crippen molar-refractivity contribution in [3.05, 3.63) is 58.9 Å². The molecule has 2 rings (SSSR count). The van der Waals surface area contributed by atoms with E-state index in [0.717, 1.165) is 4.90 Å². The third kappa shape index (κ3) is 4.23. The fourth-order valence-corrected chi connectivity index (χ4v) is 2.79. The Labute approximate surface area is 137 Å². The molecule has 0 bridgehead atoms. The molecule has 2 aromatic carbocycles. The van der Waals surface area contributed by atoms with E-state index in [9.17, 15) is 9.18 Å². The van der Waals surface area contributed by atoms with Gasteiger partial charge in [0.15, 0.2) is 0 Å². The number of carbonyl (C=O) groups is 1. The standard InChI is InChI=1S/C16H12ClFN2OS/c1-10(22-14-6-3-12(18)4-7-14)16(21)20-13-5-2-11(9-19)15(17)8-13/h2-8,10H,1H3,(H,20,21)/t10-/m0/s1. The smallest absolute Gasteiger partial charge is 0.237 e. The summed E-state index contributed by atoms with van der Waals surface area (Å²) in [7, 11) is 0. The van der Waals surface area contributed by atoms with Crippen LogP contribution in [0.15, 0.2) is 47.4 Å². The summed E-state index contributed by atoms with van der Waals surface area (Å²) in [5.74, 6) is -0.510. The summed E-state index contributed by atoms with van der Waals surface area (Å²) in [6.45, 7) is 1.76. The summed E-state index contributed by atoms with van der Waals surface area (Å²) in [4.78, 5) is 12.9. The number of hydrogen-bond donors (Lipinski definition) is 1. The molecule has 2 aromatic rings. The second-order valence-corrected chi connectivity index (χ2v) is 6.33. The van der Waals surface area contributed by atoms with Crippen LogP contribution in [-0.4, -0.2) is 11.2 Å². The van der Waals surface area contributed by atoms with E-state index in [1.807, 2.05) is 6.07 Å². The van der Waals surface area contributed by atoms with Gasteiger partial charge in [-0.1, -0.05) is 11.6 Å². The van der Waals surface area contributed by atoms with Crippen molar-refractivity contribution in [2.45, 2.75) is 17.1 Å². The Morgan fingerprint density at radius 1 is 1.32 bits per heavy atom. The number of anilines is 1. The maximum absolute atomic E-state index is 12.8. The Morgan fingerprint density at radius 3 is 2.59 bits per heavy atom. The zero-order valence-electron chi connectivity index (χ0n) is 11.6. The average Bonchev–Trinajstić information content (AvgIpc) is 2.49. The number of benzene rings is 2. The molecule has 112 valence electrons. The van der Waals surface area contributed by atoms with Crippen LogP contribution in [-0.2, 0) is 4.79 Å². The highest BCUT2D eigenvalue weighted by Gasteiger charge is 2.15. The second-order valence-electron chi connectivity index (χ2n) is 4.51. The van der Waals surface area contributed by atoms with Gasteiger partial charge in [-0.05, 0) is 49.4 Å². The molecular formula is C16H12ClFN2OS. The van der Waals surface area contributed by atoms with Crippen molar-refractivity contribution in [1.82, 2.24) is 0 Å². The number of nitrogens with one attached hydrogen (secondary N) is 1. The van der Waals surface area contributed by atoms with E-state index in [1.54, 1.807) is 31.2 Å². The zero-order chi connectivity index (χ0) is 16.1. The van der Waals surface area contributed by atoms with Gasteiger partial charge in [0.05, 0.1) is 15.8 Å². The third-order valence-electron chi connectivity index (χ3n) is 2.85. The minimum atomic E-state index is -0.361. The van der Waals surface area contributed by atoms with Crippen molar-refractivity contribution in [2.75, 3.05) is 5.32 Å². The second kappa shape index (κ2) is 7.30. The van der Waals surface area contributed by atoms with Crippen molar-refractivity contribution in [2.24, 2.45) is 0 Å². The van der Waals surface area contributed by atoms with Crippen molar-refractivity contribution in [3.8, 4) is 6.07 Å². The van der Waals surface area contributed by atoms with Crippen molar-refractivity contribution in [1.29, 1.82) is 5.26 Å². The summed E-state index contributed by atoms with van der Waals surface area (Å²) in [6, 6.07) is 12.6. The van der Waals surface area contributed by atoms with E-state index in [2.05, 4.69) is 5.32 Å². The molecule has 1 atom stereocenters. The van der Waals surface area contributed by atoms with Crippen LogP contribution in [0.4, 0.5) is 10.1 Å². The molecule has 22 heavy (non-hydrogen) atoms. The van der Waals surface area contributed by atoms with Gasteiger partial charge in [-0.15, -0.1) is 11.8 Å². The van der Waals surface area contributed by atoms with E-state index in [-0.39, 0.29) is 17.0 Å². The number of halogens is 2. The molecule has 6 heteroatoms. The van der Waals surface area contributed by atoms with Gasteiger partial charge in [0.25, 0.3) is 0 Å². The molecule has 0 aromatic heterocycles. The number of nitrogens with zero attached hydrogens (tertiary/aromatic N) is 1. The van der Waals surface area contributed by atoms with Gasteiger partial charge < -0.3 is 5.32 Å². The molecule has 0 fully saturated rings. The third-order valence-corrected chi connectivity index (χ3v) is 4.28. The largest absolute Gasteiger partial charge is 0.325 e. The lowest BCUT2D eigenvalue weighted by atomic mass is 10.2. The van der Waals surface area contributed by atoms with Crippen LogP contribution in [0.25, 0.3) is 0 Å². The Hall–Kier alpha value is -2.03. The minimum Gasteiger partial charge on any atom is -0.325 e. The molecule has 0 unspecified atom stereocenters. The van der Waals surface area contributed by atoms with Crippen LogP contribution in [0.1, 0.15) is 12.5 Å². The number of rotatable bonds is 4. The van der Waals surface area contributed by atoms with Gasteiger partial charge >= 0.3 is 0 Å². The van der Waals surface area contributed by atoms with Gasteiger partial charge in [0, 0.05) is 10.6 Å². The first-order chi connectivity index (χ1) is 10.5. The van der Waals surface area contributed by atoms with Crippen LogP contribution in [0.3, 0.4) is 0 Å². The lowest BCUT2D eigenvalue weighted by Crippen LogP contribution is -2.22. The molecule has 3 nitrogen and oxygen atoms in total. The summed E-state index contributed by atoms with van der Waals surface area (Å²) in [6.07, 6.45) is 0. The topological polar surface area (TPSA) is 52.9 Å². The lowest BCUT2D eigenvalue weighted by Gasteiger charge is -2.12. The highest BCUT2D eigenvalue weighted by molar-refractivity contribution is 8.00. The average molecular weight is 335 g/mol. The highest BCUT2D eigenvalue weighted by atomic mass is 35.5. The molecule has 0 radical (unpaired) electrons.